The Hall–Kier alpha value is 0.310. The maximum atomic E-state index is 12.2. The van der Waals surface area contributed by atoms with Crippen LogP contribution in [-0.2, 0) is 10.0 Å². The number of thiophene rings is 1. The van der Waals surface area contributed by atoms with E-state index >= 15 is 0 Å². The van der Waals surface area contributed by atoms with Crippen LogP contribution in [0.4, 0.5) is 5.69 Å². The minimum Gasteiger partial charge on any atom is -0.277 e. The summed E-state index contributed by atoms with van der Waals surface area (Å²) in [4.78, 5) is 0. The van der Waals surface area contributed by atoms with Crippen LogP contribution in [0.5, 0.6) is 0 Å². The fourth-order valence-electron chi connectivity index (χ4n) is 1.25. The topological polar surface area (TPSA) is 46.2 Å². The molecule has 1 N–H and O–H groups in total. The third-order valence-corrected chi connectivity index (χ3v) is 7.49. The SMILES string of the molecule is O=S(=O)(Nc1cc(Cl)c(Cl)cc1Cl)c1cc(Cl)c(Br)s1. The summed E-state index contributed by atoms with van der Waals surface area (Å²) in [5.74, 6) is 0. The van der Waals surface area contributed by atoms with E-state index in [-0.39, 0.29) is 25.0 Å². The molecule has 1 aromatic carbocycles. The smallest absolute Gasteiger partial charge is 0.271 e. The molecule has 2 aromatic rings. The minimum atomic E-state index is -3.80. The van der Waals surface area contributed by atoms with Crippen LogP contribution < -0.4 is 4.72 Å². The van der Waals surface area contributed by atoms with Crippen molar-refractivity contribution in [2.24, 2.45) is 0 Å². The normalized spacial score (nSPS) is 11.7. The molecule has 0 amide bonds. The number of hydrogen-bond donors (Lipinski definition) is 1. The second kappa shape index (κ2) is 6.20. The highest BCUT2D eigenvalue weighted by Crippen LogP contribution is 2.37. The van der Waals surface area contributed by atoms with Crippen molar-refractivity contribution in [3.05, 3.63) is 42.1 Å². The van der Waals surface area contributed by atoms with Gasteiger partial charge in [-0.15, -0.1) is 11.3 Å². The van der Waals surface area contributed by atoms with Crippen molar-refractivity contribution in [1.29, 1.82) is 0 Å². The average molecular weight is 456 g/mol. The van der Waals surface area contributed by atoms with Crippen molar-refractivity contribution < 1.29 is 8.42 Å². The Morgan fingerprint density at radius 1 is 0.950 bits per heavy atom. The van der Waals surface area contributed by atoms with E-state index in [0.29, 0.717) is 8.81 Å². The molecule has 0 unspecified atom stereocenters. The van der Waals surface area contributed by atoms with Gasteiger partial charge in [0.1, 0.15) is 4.21 Å². The van der Waals surface area contributed by atoms with Crippen molar-refractivity contribution in [2.75, 3.05) is 4.72 Å². The molecule has 1 aromatic heterocycles. The summed E-state index contributed by atoms with van der Waals surface area (Å²) in [5.41, 5.74) is 0.140. The molecule has 0 aliphatic rings. The standard InChI is InChI=1S/C10H4BrCl4NO2S2/c11-10-7(15)3-9(19-10)20(17,18)16-8-2-5(13)4(12)1-6(8)14/h1-3,16H. The Morgan fingerprint density at radius 2 is 1.55 bits per heavy atom. The second-order valence-corrected chi connectivity index (χ2v) is 9.45. The molecule has 0 atom stereocenters. The van der Waals surface area contributed by atoms with E-state index in [1.165, 1.54) is 18.2 Å². The molecule has 3 nitrogen and oxygen atoms in total. The zero-order valence-corrected chi connectivity index (χ0v) is 15.5. The van der Waals surface area contributed by atoms with Crippen LogP contribution >= 0.6 is 73.7 Å². The van der Waals surface area contributed by atoms with Gasteiger partial charge in [-0.25, -0.2) is 8.42 Å². The molecule has 0 bridgehead atoms. The molecule has 10 heteroatoms. The van der Waals surface area contributed by atoms with E-state index in [4.69, 9.17) is 46.4 Å². The molecule has 0 spiro atoms. The van der Waals surface area contributed by atoms with Crippen molar-refractivity contribution in [1.82, 2.24) is 0 Å². The first-order valence-electron chi connectivity index (χ1n) is 4.83. The van der Waals surface area contributed by atoms with Gasteiger partial charge >= 0.3 is 0 Å². The van der Waals surface area contributed by atoms with E-state index in [1.54, 1.807) is 0 Å². The number of sulfonamides is 1. The molecule has 20 heavy (non-hydrogen) atoms. The van der Waals surface area contributed by atoms with Crippen molar-refractivity contribution in [3.63, 3.8) is 0 Å². The quantitative estimate of drug-likeness (QED) is 0.583. The predicted octanol–water partition coefficient (Wildman–Crippen LogP) is 5.93. The molecule has 0 saturated carbocycles. The molecule has 0 aliphatic carbocycles. The van der Waals surface area contributed by atoms with Gasteiger partial charge in [0, 0.05) is 0 Å². The van der Waals surface area contributed by atoms with Gasteiger partial charge in [-0.3, -0.25) is 4.72 Å². The number of halogens is 5. The van der Waals surface area contributed by atoms with Gasteiger partial charge in [0.25, 0.3) is 10.0 Å². The lowest BCUT2D eigenvalue weighted by molar-refractivity contribution is 0.603. The highest BCUT2D eigenvalue weighted by atomic mass is 79.9. The van der Waals surface area contributed by atoms with Crippen LogP contribution in [-0.4, -0.2) is 8.42 Å². The van der Waals surface area contributed by atoms with Gasteiger partial charge in [0.15, 0.2) is 0 Å². The summed E-state index contributed by atoms with van der Waals surface area (Å²) in [6.07, 6.45) is 0. The van der Waals surface area contributed by atoms with Crippen LogP contribution in [0.2, 0.25) is 20.1 Å². The largest absolute Gasteiger partial charge is 0.277 e. The molecule has 0 fully saturated rings. The van der Waals surface area contributed by atoms with Crippen LogP contribution in [0.3, 0.4) is 0 Å². The van der Waals surface area contributed by atoms with Gasteiger partial charge in [-0.2, -0.15) is 0 Å². The van der Waals surface area contributed by atoms with E-state index in [0.717, 1.165) is 11.3 Å². The first-order valence-corrected chi connectivity index (χ1v) is 9.43. The highest BCUT2D eigenvalue weighted by molar-refractivity contribution is 9.11. The van der Waals surface area contributed by atoms with Crippen LogP contribution in [0.1, 0.15) is 0 Å². The second-order valence-electron chi connectivity index (χ2n) is 3.54. The summed E-state index contributed by atoms with van der Waals surface area (Å²) in [7, 11) is -3.80. The average Bonchev–Trinajstić information content (AvgIpc) is 2.67. The number of benzene rings is 1. The molecule has 108 valence electrons. The molecular weight excluding hydrogens is 452 g/mol. The highest BCUT2D eigenvalue weighted by Gasteiger charge is 2.20. The van der Waals surface area contributed by atoms with Crippen molar-refractivity contribution in [3.8, 4) is 0 Å². The van der Waals surface area contributed by atoms with Crippen molar-refractivity contribution in [2.45, 2.75) is 4.21 Å². The molecular formula is C10H4BrCl4NO2S2. The molecule has 0 radical (unpaired) electrons. The lowest BCUT2D eigenvalue weighted by Crippen LogP contribution is -2.11. The third kappa shape index (κ3) is 3.55. The Bertz CT molecular complexity index is 756. The van der Waals surface area contributed by atoms with Gasteiger partial charge in [-0.05, 0) is 34.1 Å². The summed E-state index contributed by atoms with van der Waals surface area (Å²) in [5, 5.41) is 0.890. The number of hydrogen-bond acceptors (Lipinski definition) is 3. The zero-order valence-electron chi connectivity index (χ0n) is 9.25. The van der Waals surface area contributed by atoms with Gasteiger partial charge in [0.05, 0.1) is 29.6 Å². The lowest BCUT2D eigenvalue weighted by atomic mass is 10.3. The Morgan fingerprint density at radius 3 is 2.10 bits per heavy atom. The predicted molar refractivity (Wildman–Crippen MR) is 89.3 cm³/mol. The lowest BCUT2D eigenvalue weighted by Gasteiger charge is -2.09. The zero-order chi connectivity index (χ0) is 15.1. The fourth-order valence-corrected chi connectivity index (χ4v) is 5.37. The fraction of sp³-hybridized carbons (Fsp3) is 0. The first-order chi connectivity index (χ1) is 9.20. The summed E-state index contributed by atoms with van der Waals surface area (Å²) < 4.78 is 27.3. The van der Waals surface area contributed by atoms with E-state index in [2.05, 4.69) is 20.7 Å². The number of anilines is 1. The van der Waals surface area contributed by atoms with Gasteiger partial charge in [-0.1, -0.05) is 46.4 Å². The monoisotopic (exact) mass is 453 g/mol. The Kier molecular flexibility index (Phi) is 5.17. The Balaban J connectivity index is 2.40. The first kappa shape index (κ1) is 16.7. The van der Waals surface area contributed by atoms with Crippen molar-refractivity contribution >= 4 is 89.4 Å². The molecule has 0 saturated heterocycles. The maximum absolute atomic E-state index is 12.2. The summed E-state index contributed by atoms with van der Waals surface area (Å²) >= 11 is 27.5. The number of rotatable bonds is 3. The molecule has 2 rings (SSSR count). The Labute approximate surface area is 148 Å². The van der Waals surface area contributed by atoms with E-state index in [1.807, 2.05) is 0 Å². The molecule has 0 aliphatic heterocycles. The maximum Gasteiger partial charge on any atom is 0.271 e. The number of nitrogens with one attached hydrogen (secondary N) is 1. The van der Waals surface area contributed by atoms with E-state index < -0.39 is 10.0 Å². The minimum absolute atomic E-state index is 0.0523. The van der Waals surface area contributed by atoms with Crippen LogP contribution in [0.15, 0.2) is 26.2 Å². The molecule has 1 heterocycles. The van der Waals surface area contributed by atoms with Crippen LogP contribution in [0.25, 0.3) is 0 Å². The third-order valence-electron chi connectivity index (χ3n) is 2.14. The van der Waals surface area contributed by atoms with E-state index in [9.17, 15) is 8.42 Å². The van der Waals surface area contributed by atoms with Gasteiger partial charge < -0.3 is 0 Å². The van der Waals surface area contributed by atoms with Gasteiger partial charge in [0.2, 0.25) is 0 Å². The summed E-state index contributed by atoms with van der Waals surface area (Å²) in [6.45, 7) is 0. The summed E-state index contributed by atoms with van der Waals surface area (Å²) in [6, 6.07) is 4.04. The van der Waals surface area contributed by atoms with Crippen LogP contribution in [0, 0.1) is 0 Å².